The zero-order valence-corrected chi connectivity index (χ0v) is 12.7. The van der Waals surface area contributed by atoms with E-state index < -0.39 is 0 Å². The SMILES string of the molecule is COc1n/c(=C/c2ccccc2)c(=O)[nH]/c1=C/c1ccccc1. The fourth-order valence-electron chi connectivity index (χ4n) is 2.23. The topological polar surface area (TPSA) is 55.0 Å². The highest BCUT2D eigenvalue weighted by molar-refractivity contribution is 5.50. The van der Waals surface area contributed by atoms with Crippen LogP contribution >= 0.6 is 0 Å². The van der Waals surface area contributed by atoms with E-state index in [1.807, 2.05) is 66.7 Å². The van der Waals surface area contributed by atoms with Gasteiger partial charge in [-0.3, -0.25) is 4.79 Å². The number of benzene rings is 2. The first-order chi connectivity index (χ1) is 11.3. The predicted molar refractivity (Wildman–Crippen MR) is 90.7 cm³/mol. The Hall–Kier alpha value is -3.14. The summed E-state index contributed by atoms with van der Waals surface area (Å²) in [4.78, 5) is 19.4. The molecule has 4 heteroatoms. The first kappa shape index (κ1) is 14.8. The van der Waals surface area contributed by atoms with Crippen molar-refractivity contribution in [2.45, 2.75) is 0 Å². The molecule has 1 heterocycles. The first-order valence-electron chi connectivity index (χ1n) is 7.24. The summed E-state index contributed by atoms with van der Waals surface area (Å²) in [6, 6.07) is 19.3. The van der Waals surface area contributed by atoms with E-state index in [2.05, 4.69) is 9.97 Å². The monoisotopic (exact) mass is 304 g/mol. The zero-order chi connectivity index (χ0) is 16.1. The van der Waals surface area contributed by atoms with Crippen molar-refractivity contribution in [2.75, 3.05) is 7.11 Å². The van der Waals surface area contributed by atoms with Gasteiger partial charge in [0.25, 0.3) is 5.56 Å². The number of nitrogens with zero attached hydrogens (tertiary/aromatic N) is 1. The fourth-order valence-corrected chi connectivity index (χ4v) is 2.23. The average molecular weight is 304 g/mol. The van der Waals surface area contributed by atoms with E-state index >= 15 is 0 Å². The van der Waals surface area contributed by atoms with E-state index in [-0.39, 0.29) is 5.56 Å². The van der Waals surface area contributed by atoms with E-state index in [0.717, 1.165) is 11.1 Å². The number of aromatic amines is 1. The van der Waals surface area contributed by atoms with Gasteiger partial charge in [0.15, 0.2) is 0 Å². The largest absolute Gasteiger partial charge is 0.479 e. The molecule has 1 aromatic heterocycles. The summed E-state index contributed by atoms with van der Waals surface area (Å²) in [5.41, 5.74) is 1.62. The standard InChI is InChI=1S/C19H16N2O2/c1-23-19-17(13-15-10-6-3-7-11-15)20-18(22)16(21-19)12-14-8-4-2-5-9-14/h2-13H,1H3,(H,20,22)/b16-12+,17-13+. The third-order valence-corrected chi connectivity index (χ3v) is 3.34. The van der Waals surface area contributed by atoms with Crippen molar-refractivity contribution in [1.82, 2.24) is 9.97 Å². The Kier molecular flexibility index (Phi) is 4.34. The summed E-state index contributed by atoms with van der Waals surface area (Å²) in [5, 5.41) is 0.868. The van der Waals surface area contributed by atoms with Gasteiger partial charge in [-0.2, -0.15) is 0 Å². The lowest BCUT2D eigenvalue weighted by Crippen LogP contribution is -2.37. The summed E-state index contributed by atoms with van der Waals surface area (Å²) < 4.78 is 5.32. The number of aromatic nitrogens is 2. The van der Waals surface area contributed by atoms with Crippen LogP contribution in [0.2, 0.25) is 0 Å². The van der Waals surface area contributed by atoms with Crippen LogP contribution in [-0.4, -0.2) is 17.1 Å². The Bertz CT molecular complexity index is 962. The Morgan fingerprint density at radius 1 is 0.913 bits per heavy atom. The highest BCUT2D eigenvalue weighted by Gasteiger charge is 2.01. The van der Waals surface area contributed by atoms with E-state index in [1.54, 1.807) is 6.08 Å². The van der Waals surface area contributed by atoms with Gasteiger partial charge in [0, 0.05) is 0 Å². The molecule has 3 rings (SSSR count). The Morgan fingerprint density at radius 2 is 1.48 bits per heavy atom. The molecular weight excluding hydrogens is 288 g/mol. The Morgan fingerprint density at radius 3 is 2.04 bits per heavy atom. The molecule has 0 radical (unpaired) electrons. The van der Waals surface area contributed by atoms with E-state index in [0.29, 0.717) is 16.6 Å². The van der Waals surface area contributed by atoms with E-state index in [9.17, 15) is 4.79 Å². The maximum atomic E-state index is 12.3. The van der Waals surface area contributed by atoms with Crippen LogP contribution in [0.3, 0.4) is 0 Å². The summed E-state index contributed by atoms with van der Waals surface area (Å²) in [7, 11) is 1.54. The minimum Gasteiger partial charge on any atom is -0.479 e. The quantitative estimate of drug-likeness (QED) is 0.796. The highest BCUT2D eigenvalue weighted by Crippen LogP contribution is 2.00. The van der Waals surface area contributed by atoms with Crippen molar-refractivity contribution in [3.05, 3.63) is 92.8 Å². The smallest absolute Gasteiger partial charge is 0.274 e. The minimum absolute atomic E-state index is 0.253. The van der Waals surface area contributed by atoms with Gasteiger partial charge in [0.1, 0.15) is 10.7 Å². The molecule has 2 aromatic carbocycles. The molecule has 23 heavy (non-hydrogen) atoms. The molecule has 0 saturated carbocycles. The molecular formula is C19H16N2O2. The first-order valence-corrected chi connectivity index (χ1v) is 7.24. The van der Waals surface area contributed by atoms with Crippen LogP contribution in [0, 0.1) is 0 Å². The van der Waals surface area contributed by atoms with Crippen LogP contribution in [0.5, 0.6) is 5.88 Å². The van der Waals surface area contributed by atoms with Crippen LogP contribution < -0.4 is 21.0 Å². The number of hydrogen-bond acceptors (Lipinski definition) is 3. The zero-order valence-electron chi connectivity index (χ0n) is 12.7. The molecule has 0 amide bonds. The third-order valence-electron chi connectivity index (χ3n) is 3.34. The lowest BCUT2D eigenvalue weighted by atomic mass is 10.2. The second-order valence-corrected chi connectivity index (χ2v) is 4.98. The minimum atomic E-state index is -0.253. The van der Waals surface area contributed by atoms with Crippen molar-refractivity contribution in [1.29, 1.82) is 0 Å². The van der Waals surface area contributed by atoms with Crippen molar-refractivity contribution < 1.29 is 4.74 Å². The predicted octanol–water partition coefficient (Wildman–Crippen LogP) is 1.44. The average Bonchev–Trinajstić information content (AvgIpc) is 2.59. The number of nitrogens with one attached hydrogen (secondary N) is 1. The van der Waals surface area contributed by atoms with Gasteiger partial charge in [0.2, 0.25) is 5.88 Å². The van der Waals surface area contributed by atoms with E-state index in [1.165, 1.54) is 7.11 Å². The van der Waals surface area contributed by atoms with Gasteiger partial charge in [0.05, 0.1) is 7.11 Å². The summed E-state index contributed by atoms with van der Waals surface area (Å²) in [6.45, 7) is 0. The molecule has 0 aliphatic heterocycles. The van der Waals surface area contributed by atoms with Gasteiger partial charge in [-0.15, -0.1) is 0 Å². The highest BCUT2D eigenvalue weighted by atomic mass is 16.5. The van der Waals surface area contributed by atoms with Crippen LogP contribution in [0.4, 0.5) is 0 Å². The number of H-pyrrole nitrogens is 1. The van der Waals surface area contributed by atoms with Crippen molar-refractivity contribution >= 4 is 12.2 Å². The summed E-state index contributed by atoms with van der Waals surface area (Å²) in [5.74, 6) is 0.385. The molecule has 3 aromatic rings. The van der Waals surface area contributed by atoms with Gasteiger partial charge >= 0.3 is 0 Å². The molecule has 0 unspecified atom stereocenters. The molecule has 4 nitrogen and oxygen atoms in total. The molecule has 0 atom stereocenters. The van der Waals surface area contributed by atoms with Crippen LogP contribution in [-0.2, 0) is 0 Å². The molecule has 114 valence electrons. The van der Waals surface area contributed by atoms with Crippen LogP contribution in [0.15, 0.2) is 65.5 Å². The molecule has 0 aliphatic carbocycles. The maximum Gasteiger partial charge on any atom is 0.274 e. The second-order valence-electron chi connectivity index (χ2n) is 4.98. The van der Waals surface area contributed by atoms with Gasteiger partial charge < -0.3 is 9.72 Å². The second kappa shape index (κ2) is 6.75. The maximum absolute atomic E-state index is 12.3. The van der Waals surface area contributed by atoms with E-state index in [4.69, 9.17) is 4.74 Å². The lowest BCUT2D eigenvalue weighted by Gasteiger charge is -2.00. The Labute approximate surface area is 133 Å². The van der Waals surface area contributed by atoms with Crippen LogP contribution in [0.1, 0.15) is 11.1 Å². The molecule has 0 saturated heterocycles. The lowest BCUT2D eigenvalue weighted by molar-refractivity contribution is 0.389. The fraction of sp³-hybridized carbons (Fsp3) is 0.0526. The number of hydrogen-bond donors (Lipinski definition) is 1. The van der Waals surface area contributed by atoms with Crippen molar-refractivity contribution in [2.24, 2.45) is 0 Å². The molecule has 0 spiro atoms. The molecule has 0 fully saturated rings. The number of ether oxygens (including phenoxy) is 1. The number of rotatable bonds is 3. The van der Waals surface area contributed by atoms with Gasteiger partial charge in [-0.1, -0.05) is 60.7 Å². The summed E-state index contributed by atoms with van der Waals surface area (Å²) >= 11 is 0. The normalized spacial score (nSPS) is 12.4. The summed E-state index contributed by atoms with van der Waals surface area (Å²) in [6.07, 6.45) is 3.56. The molecule has 0 bridgehead atoms. The molecule has 1 N–H and O–H groups in total. The van der Waals surface area contributed by atoms with Gasteiger partial charge in [-0.25, -0.2) is 4.98 Å². The molecule has 0 aliphatic rings. The van der Waals surface area contributed by atoms with Gasteiger partial charge in [-0.05, 0) is 23.3 Å². The third kappa shape index (κ3) is 3.55. The Balaban J connectivity index is 2.16. The van der Waals surface area contributed by atoms with Crippen molar-refractivity contribution in [3.8, 4) is 5.88 Å². The van der Waals surface area contributed by atoms with Crippen molar-refractivity contribution in [3.63, 3.8) is 0 Å². The van der Waals surface area contributed by atoms with Crippen LogP contribution in [0.25, 0.3) is 12.2 Å². The number of methoxy groups -OCH3 is 1.